The molecule has 32 heavy (non-hydrogen) atoms. The molecular formula is C26H33N3O2S. The Morgan fingerprint density at radius 3 is 2.91 bits per heavy atom. The summed E-state index contributed by atoms with van der Waals surface area (Å²) in [6, 6.07) is 6.75. The first-order valence-electron chi connectivity index (χ1n) is 11.6. The highest BCUT2D eigenvalue weighted by molar-refractivity contribution is 7.09. The Balaban J connectivity index is 1.60. The number of carbonyl (C=O) groups excluding carboxylic acids is 1. The van der Waals surface area contributed by atoms with Gasteiger partial charge in [0.05, 0.1) is 6.10 Å². The van der Waals surface area contributed by atoms with E-state index in [1.165, 1.54) is 4.88 Å². The molecule has 1 fully saturated rings. The molecule has 1 aliphatic carbocycles. The number of aromatic nitrogens is 1. The third-order valence-electron chi connectivity index (χ3n) is 6.21. The van der Waals surface area contributed by atoms with Gasteiger partial charge in [0, 0.05) is 42.7 Å². The molecule has 4 rings (SSSR count). The van der Waals surface area contributed by atoms with E-state index in [-0.39, 0.29) is 18.0 Å². The maximum Gasteiger partial charge on any atom is 0.342 e. The van der Waals surface area contributed by atoms with Crippen LogP contribution in [0.3, 0.4) is 0 Å². The van der Waals surface area contributed by atoms with Crippen LogP contribution in [0.5, 0.6) is 0 Å². The van der Waals surface area contributed by atoms with Crippen LogP contribution in [0.2, 0.25) is 0 Å². The smallest absolute Gasteiger partial charge is 0.342 e. The van der Waals surface area contributed by atoms with Crippen LogP contribution in [-0.2, 0) is 11.3 Å². The van der Waals surface area contributed by atoms with E-state index in [0.29, 0.717) is 11.6 Å². The summed E-state index contributed by atoms with van der Waals surface area (Å²) in [7, 11) is 0. The van der Waals surface area contributed by atoms with Gasteiger partial charge in [0.2, 0.25) is 0 Å². The van der Waals surface area contributed by atoms with Gasteiger partial charge < -0.3 is 9.64 Å². The minimum atomic E-state index is -0.268. The minimum absolute atomic E-state index is 0.167. The van der Waals surface area contributed by atoms with Crippen molar-refractivity contribution in [1.82, 2.24) is 9.88 Å². The Labute approximate surface area is 195 Å². The molecule has 0 N–H and O–H groups in total. The summed E-state index contributed by atoms with van der Waals surface area (Å²) in [5.41, 5.74) is 1.64. The highest BCUT2D eigenvalue weighted by Gasteiger charge is 2.33. The quantitative estimate of drug-likeness (QED) is 0.502. The van der Waals surface area contributed by atoms with Crippen molar-refractivity contribution in [2.75, 3.05) is 24.5 Å². The van der Waals surface area contributed by atoms with Crippen LogP contribution in [0.1, 0.15) is 60.3 Å². The SMILES string of the molecule is CCN(Cc1cccs1)[C@@H]1CCN(c2nccc(C3C=CC=CC3)c2C(=O)OC(C)C)C1. The van der Waals surface area contributed by atoms with Gasteiger partial charge in [-0.2, -0.15) is 0 Å². The van der Waals surface area contributed by atoms with E-state index in [4.69, 9.17) is 9.72 Å². The van der Waals surface area contributed by atoms with Crippen molar-refractivity contribution in [3.05, 3.63) is 70.1 Å². The summed E-state index contributed by atoms with van der Waals surface area (Å²) in [4.78, 5) is 24.2. The maximum atomic E-state index is 13.2. The molecule has 1 aliphatic heterocycles. The molecule has 2 aliphatic rings. The molecular weight excluding hydrogens is 418 g/mol. The van der Waals surface area contributed by atoms with Crippen molar-refractivity contribution >= 4 is 23.1 Å². The van der Waals surface area contributed by atoms with Crippen molar-refractivity contribution in [2.24, 2.45) is 0 Å². The van der Waals surface area contributed by atoms with Gasteiger partial charge >= 0.3 is 5.97 Å². The number of hydrogen-bond acceptors (Lipinski definition) is 6. The second-order valence-electron chi connectivity index (χ2n) is 8.74. The number of likely N-dealkylation sites (N-methyl/N-ethyl adjacent to an activating group) is 1. The highest BCUT2D eigenvalue weighted by Crippen LogP contribution is 2.34. The van der Waals surface area contributed by atoms with Crippen molar-refractivity contribution in [2.45, 2.75) is 58.2 Å². The number of hydrogen-bond donors (Lipinski definition) is 0. The van der Waals surface area contributed by atoms with E-state index in [0.717, 1.165) is 50.4 Å². The lowest BCUT2D eigenvalue weighted by Gasteiger charge is -2.28. The Kier molecular flexibility index (Phi) is 7.43. The van der Waals surface area contributed by atoms with Crippen LogP contribution in [0, 0.1) is 0 Å². The van der Waals surface area contributed by atoms with E-state index in [1.54, 1.807) is 0 Å². The summed E-state index contributed by atoms with van der Waals surface area (Å²) in [5.74, 6) is 0.669. The molecule has 0 bridgehead atoms. The highest BCUT2D eigenvalue weighted by atomic mass is 32.1. The van der Waals surface area contributed by atoms with E-state index in [2.05, 4.69) is 58.5 Å². The van der Waals surface area contributed by atoms with Crippen molar-refractivity contribution in [3.63, 3.8) is 0 Å². The predicted octanol–water partition coefficient (Wildman–Crippen LogP) is 5.41. The summed E-state index contributed by atoms with van der Waals surface area (Å²) in [6.45, 7) is 9.76. The Hall–Kier alpha value is -2.44. The number of thiophene rings is 1. The Morgan fingerprint density at radius 2 is 2.22 bits per heavy atom. The molecule has 2 aromatic heterocycles. The van der Waals surface area contributed by atoms with Gasteiger partial charge in [0.15, 0.2) is 0 Å². The zero-order valence-electron chi connectivity index (χ0n) is 19.2. The largest absolute Gasteiger partial charge is 0.459 e. The van der Waals surface area contributed by atoms with Crippen molar-refractivity contribution in [3.8, 4) is 0 Å². The van der Waals surface area contributed by atoms with Gasteiger partial charge in [0.1, 0.15) is 11.4 Å². The van der Waals surface area contributed by atoms with Crippen LogP contribution >= 0.6 is 11.3 Å². The molecule has 1 saturated heterocycles. The molecule has 0 spiro atoms. The van der Waals surface area contributed by atoms with Gasteiger partial charge in [-0.1, -0.05) is 37.3 Å². The van der Waals surface area contributed by atoms with Crippen LogP contribution in [0.15, 0.2) is 54.1 Å². The summed E-state index contributed by atoms with van der Waals surface area (Å²) < 4.78 is 5.68. The first-order chi connectivity index (χ1) is 15.6. The van der Waals surface area contributed by atoms with Gasteiger partial charge in [0.25, 0.3) is 0 Å². The van der Waals surface area contributed by atoms with E-state index in [9.17, 15) is 4.79 Å². The molecule has 0 saturated carbocycles. The average Bonchev–Trinajstić information content (AvgIpc) is 3.49. The van der Waals surface area contributed by atoms with E-state index < -0.39 is 0 Å². The fraction of sp³-hybridized carbons (Fsp3) is 0.462. The number of anilines is 1. The molecule has 5 nitrogen and oxygen atoms in total. The molecule has 1 unspecified atom stereocenters. The van der Waals surface area contributed by atoms with E-state index in [1.807, 2.05) is 37.4 Å². The molecule has 0 radical (unpaired) electrons. The summed E-state index contributed by atoms with van der Waals surface area (Å²) >= 11 is 1.81. The molecule has 2 atom stereocenters. The van der Waals surface area contributed by atoms with Crippen molar-refractivity contribution in [1.29, 1.82) is 0 Å². The van der Waals surface area contributed by atoms with Gasteiger partial charge in [-0.25, -0.2) is 9.78 Å². The summed E-state index contributed by atoms with van der Waals surface area (Å²) in [6.07, 6.45) is 12.1. The topological polar surface area (TPSA) is 45.7 Å². The zero-order valence-corrected chi connectivity index (χ0v) is 20.1. The normalized spacial score (nSPS) is 20.5. The lowest BCUT2D eigenvalue weighted by atomic mass is 9.89. The number of allylic oxidation sites excluding steroid dienone is 4. The Morgan fingerprint density at radius 1 is 1.34 bits per heavy atom. The number of nitrogens with zero attached hydrogens (tertiary/aromatic N) is 3. The number of rotatable bonds is 8. The first-order valence-corrected chi connectivity index (χ1v) is 12.5. The summed E-state index contributed by atoms with van der Waals surface area (Å²) in [5, 5.41) is 2.14. The molecule has 6 heteroatoms. The van der Waals surface area contributed by atoms with E-state index >= 15 is 0 Å². The van der Waals surface area contributed by atoms with Crippen LogP contribution in [0.25, 0.3) is 0 Å². The lowest BCUT2D eigenvalue weighted by molar-refractivity contribution is 0.0376. The second kappa shape index (κ2) is 10.5. The van der Waals surface area contributed by atoms with Gasteiger partial charge in [-0.05, 0) is 56.3 Å². The van der Waals surface area contributed by atoms with Crippen LogP contribution < -0.4 is 4.90 Å². The monoisotopic (exact) mass is 451 g/mol. The number of pyridine rings is 1. The first kappa shape index (κ1) is 22.7. The fourth-order valence-corrected chi connectivity index (χ4v) is 5.37. The van der Waals surface area contributed by atoms with Crippen LogP contribution in [-0.4, -0.2) is 47.6 Å². The third kappa shape index (κ3) is 5.13. The Bertz CT molecular complexity index is 967. The number of carbonyl (C=O) groups is 1. The van der Waals surface area contributed by atoms with Crippen molar-refractivity contribution < 1.29 is 9.53 Å². The standard InChI is InChI=1S/C26H33N3O2S/c1-4-28(18-22-11-8-16-32-22)21-13-15-29(17-21)25-24(26(30)31-19(2)3)23(12-14-27-25)20-9-6-5-7-10-20/h5-9,11-12,14,16,19-21H,4,10,13,15,17-18H2,1-3H3/t20?,21-/m1/s1. The lowest BCUT2D eigenvalue weighted by Crippen LogP contribution is -2.37. The zero-order chi connectivity index (χ0) is 22.5. The molecule has 170 valence electrons. The second-order valence-corrected chi connectivity index (χ2v) is 9.77. The number of esters is 1. The maximum absolute atomic E-state index is 13.2. The predicted molar refractivity (Wildman–Crippen MR) is 131 cm³/mol. The minimum Gasteiger partial charge on any atom is -0.459 e. The fourth-order valence-electron chi connectivity index (χ4n) is 4.64. The number of ether oxygens (including phenoxy) is 1. The molecule has 0 amide bonds. The van der Waals surface area contributed by atoms with Gasteiger partial charge in [-0.3, -0.25) is 4.90 Å². The average molecular weight is 452 g/mol. The third-order valence-corrected chi connectivity index (χ3v) is 7.08. The molecule has 0 aromatic carbocycles. The molecule has 2 aromatic rings. The van der Waals surface area contributed by atoms with Crippen LogP contribution in [0.4, 0.5) is 5.82 Å². The van der Waals surface area contributed by atoms with Gasteiger partial charge in [-0.15, -0.1) is 11.3 Å². The molecule has 3 heterocycles.